The Kier molecular flexibility index (Phi) is 7.74. The molecular weight excluding hydrogens is 452 g/mol. The van der Waals surface area contributed by atoms with Crippen LogP contribution in [0, 0.1) is 29.2 Å². The lowest BCUT2D eigenvalue weighted by atomic mass is 9.86. The molecular formula is C30H28F4O. The van der Waals surface area contributed by atoms with Crippen LogP contribution in [0.4, 0.5) is 17.6 Å². The highest BCUT2D eigenvalue weighted by molar-refractivity contribution is 5.74. The van der Waals surface area contributed by atoms with Gasteiger partial charge in [0.1, 0.15) is 0 Å². The Morgan fingerprint density at radius 1 is 0.829 bits per heavy atom. The van der Waals surface area contributed by atoms with Crippen molar-refractivity contribution in [2.24, 2.45) is 5.92 Å². The largest absolute Gasteiger partial charge is 0.490 e. The Balaban J connectivity index is 1.58. The maximum atomic E-state index is 15.0. The summed E-state index contributed by atoms with van der Waals surface area (Å²) in [7, 11) is 0. The monoisotopic (exact) mass is 480 g/mol. The van der Waals surface area contributed by atoms with E-state index in [0.29, 0.717) is 30.1 Å². The van der Waals surface area contributed by atoms with Gasteiger partial charge in [0.25, 0.3) is 0 Å². The molecule has 5 heteroatoms. The molecule has 1 unspecified atom stereocenters. The van der Waals surface area contributed by atoms with Gasteiger partial charge in [0.2, 0.25) is 5.82 Å². The Labute approximate surface area is 203 Å². The number of unbranched alkanes of at least 4 members (excludes halogenated alkanes) is 1. The van der Waals surface area contributed by atoms with E-state index >= 15 is 4.39 Å². The normalized spacial score (nSPS) is 15.6. The Morgan fingerprint density at radius 3 is 1.97 bits per heavy atom. The lowest BCUT2D eigenvalue weighted by molar-refractivity contribution is 0.289. The first-order valence-electron chi connectivity index (χ1n) is 12.0. The van der Waals surface area contributed by atoms with Gasteiger partial charge in [-0.3, -0.25) is 0 Å². The number of rotatable bonds is 8. The van der Waals surface area contributed by atoms with Crippen molar-refractivity contribution in [2.75, 3.05) is 6.61 Å². The number of hydrogen-bond acceptors (Lipinski definition) is 1. The molecule has 0 saturated heterocycles. The van der Waals surface area contributed by atoms with Crippen LogP contribution in [0.15, 0.2) is 67.3 Å². The molecule has 0 aliphatic heterocycles. The van der Waals surface area contributed by atoms with E-state index < -0.39 is 23.3 Å². The van der Waals surface area contributed by atoms with E-state index in [1.807, 2.05) is 19.1 Å². The van der Waals surface area contributed by atoms with Gasteiger partial charge in [0, 0.05) is 16.7 Å². The first kappa shape index (κ1) is 24.8. The van der Waals surface area contributed by atoms with Crippen molar-refractivity contribution in [3.63, 3.8) is 0 Å². The average Bonchev–Trinajstić information content (AvgIpc) is 2.89. The molecule has 0 heterocycles. The molecule has 3 aromatic carbocycles. The van der Waals surface area contributed by atoms with Gasteiger partial charge in [-0.1, -0.05) is 61.9 Å². The van der Waals surface area contributed by atoms with Crippen molar-refractivity contribution in [2.45, 2.75) is 39.0 Å². The molecule has 1 nitrogen and oxygen atoms in total. The summed E-state index contributed by atoms with van der Waals surface area (Å²) in [4.78, 5) is 0. The summed E-state index contributed by atoms with van der Waals surface area (Å²) in [5.41, 5.74) is 2.14. The van der Waals surface area contributed by atoms with Crippen LogP contribution in [0.3, 0.4) is 0 Å². The summed E-state index contributed by atoms with van der Waals surface area (Å²) in [5.74, 6) is -3.60. The van der Waals surface area contributed by atoms with Crippen LogP contribution in [0.25, 0.3) is 27.8 Å². The van der Waals surface area contributed by atoms with E-state index in [0.717, 1.165) is 31.3 Å². The number of ether oxygens (including phenoxy) is 1. The molecule has 35 heavy (non-hydrogen) atoms. The smallest absolute Gasteiger partial charge is 0.201 e. The van der Waals surface area contributed by atoms with Crippen LogP contribution in [-0.4, -0.2) is 6.61 Å². The minimum atomic E-state index is -1.04. The van der Waals surface area contributed by atoms with Crippen LogP contribution >= 0.6 is 0 Å². The molecule has 0 amide bonds. The maximum absolute atomic E-state index is 15.0. The molecule has 3 aromatic rings. The Bertz CT molecular complexity index is 1240. The molecule has 0 aromatic heterocycles. The van der Waals surface area contributed by atoms with E-state index in [-0.39, 0.29) is 22.4 Å². The molecule has 0 saturated carbocycles. The summed E-state index contributed by atoms with van der Waals surface area (Å²) in [5, 5.41) is 0. The van der Waals surface area contributed by atoms with Gasteiger partial charge in [-0.15, -0.1) is 6.58 Å². The van der Waals surface area contributed by atoms with Crippen molar-refractivity contribution >= 4 is 5.57 Å². The second kappa shape index (κ2) is 10.9. The first-order chi connectivity index (χ1) is 16.9. The molecule has 0 bridgehead atoms. The highest BCUT2D eigenvalue weighted by atomic mass is 19.2. The highest BCUT2D eigenvalue weighted by Crippen LogP contribution is 2.36. The second-order valence-electron chi connectivity index (χ2n) is 8.81. The molecule has 0 spiro atoms. The van der Waals surface area contributed by atoms with Crippen LogP contribution in [-0.2, 0) is 0 Å². The van der Waals surface area contributed by atoms with Crippen molar-refractivity contribution in [1.82, 2.24) is 0 Å². The van der Waals surface area contributed by atoms with Crippen LogP contribution in [0.5, 0.6) is 5.75 Å². The summed E-state index contributed by atoms with van der Waals surface area (Å²) in [6.45, 7) is 6.10. The maximum Gasteiger partial charge on any atom is 0.201 e. The number of benzene rings is 3. The zero-order valence-electron chi connectivity index (χ0n) is 19.7. The van der Waals surface area contributed by atoms with E-state index in [2.05, 4.69) is 6.58 Å². The van der Waals surface area contributed by atoms with Gasteiger partial charge in [0.05, 0.1) is 6.61 Å². The molecule has 0 radical (unpaired) electrons. The molecule has 0 fully saturated rings. The third kappa shape index (κ3) is 5.19. The lowest BCUT2D eigenvalue weighted by Crippen LogP contribution is -2.04. The topological polar surface area (TPSA) is 9.23 Å². The highest BCUT2D eigenvalue weighted by Gasteiger charge is 2.21. The summed E-state index contributed by atoms with van der Waals surface area (Å²) in [6.07, 6.45) is 7.79. The number of hydrogen-bond donors (Lipinski definition) is 0. The van der Waals surface area contributed by atoms with Crippen LogP contribution < -0.4 is 4.74 Å². The standard InChI is InChI=1S/C30H28F4O/c1-3-5-18-35-26-17-16-25(29(33)30(26)34)22-12-10-21(11-13-22)24-15-14-23(27(31)28(24)32)20-8-6-19(4-2)7-9-20/h4,8,10-17,19H,2-3,5-7,9,18H2,1H3. The summed E-state index contributed by atoms with van der Waals surface area (Å²) < 4.78 is 64.4. The van der Waals surface area contributed by atoms with Crippen molar-refractivity contribution in [1.29, 1.82) is 0 Å². The van der Waals surface area contributed by atoms with Crippen LogP contribution in [0.1, 0.15) is 44.6 Å². The van der Waals surface area contributed by atoms with Crippen LogP contribution in [0.2, 0.25) is 0 Å². The van der Waals surface area contributed by atoms with Gasteiger partial charge in [-0.05, 0) is 60.4 Å². The minimum absolute atomic E-state index is 0.0703. The third-order valence-corrected chi connectivity index (χ3v) is 6.52. The zero-order valence-corrected chi connectivity index (χ0v) is 19.7. The predicted molar refractivity (Wildman–Crippen MR) is 133 cm³/mol. The van der Waals surface area contributed by atoms with Crippen molar-refractivity contribution in [3.8, 4) is 28.0 Å². The molecule has 4 rings (SSSR count). The van der Waals surface area contributed by atoms with E-state index in [9.17, 15) is 13.2 Å². The zero-order chi connectivity index (χ0) is 24.9. The van der Waals surface area contributed by atoms with E-state index in [1.54, 1.807) is 36.4 Å². The molecule has 1 aliphatic carbocycles. The summed E-state index contributed by atoms with van der Waals surface area (Å²) >= 11 is 0. The van der Waals surface area contributed by atoms with Gasteiger partial charge >= 0.3 is 0 Å². The fourth-order valence-corrected chi connectivity index (χ4v) is 4.36. The minimum Gasteiger partial charge on any atom is -0.490 e. The van der Waals surface area contributed by atoms with Crippen molar-refractivity contribution < 1.29 is 22.3 Å². The predicted octanol–water partition coefficient (Wildman–Crippen LogP) is 9.13. The Hall–Kier alpha value is -3.34. The summed E-state index contributed by atoms with van der Waals surface area (Å²) in [6, 6.07) is 12.3. The average molecular weight is 481 g/mol. The van der Waals surface area contributed by atoms with E-state index in [1.165, 1.54) is 12.1 Å². The first-order valence-corrected chi connectivity index (χ1v) is 12.0. The fraction of sp³-hybridized carbons (Fsp3) is 0.267. The third-order valence-electron chi connectivity index (χ3n) is 6.52. The number of halogens is 4. The Morgan fingerprint density at radius 2 is 1.40 bits per heavy atom. The lowest BCUT2D eigenvalue weighted by Gasteiger charge is -2.20. The van der Waals surface area contributed by atoms with Crippen molar-refractivity contribution in [3.05, 3.63) is 96.1 Å². The fourth-order valence-electron chi connectivity index (χ4n) is 4.36. The van der Waals surface area contributed by atoms with Gasteiger partial charge in [0.15, 0.2) is 23.2 Å². The molecule has 182 valence electrons. The molecule has 0 N–H and O–H groups in total. The van der Waals surface area contributed by atoms with E-state index in [4.69, 9.17) is 4.74 Å². The SMILES string of the molecule is C=CC1CC=C(c2ccc(-c3ccc(-c4ccc(OCCCC)c(F)c4F)cc3)c(F)c2F)CC1. The van der Waals surface area contributed by atoms with Gasteiger partial charge in [-0.2, -0.15) is 4.39 Å². The molecule has 1 aliphatic rings. The number of allylic oxidation sites excluding steroid dienone is 3. The molecule has 1 atom stereocenters. The quantitative estimate of drug-likeness (QED) is 0.177. The van der Waals surface area contributed by atoms with Gasteiger partial charge < -0.3 is 4.74 Å². The second-order valence-corrected chi connectivity index (χ2v) is 8.81. The van der Waals surface area contributed by atoms with Gasteiger partial charge in [-0.25, -0.2) is 13.2 Å².